The van der Waals surface area contributed by atoms with Crippen LogP contribution in [0.3, 0.4) is 0 Å². The molecule has 0 amide bonds. The Morgan fingerprint density at radius 2 is 2.31 bits per heavy atom. The highest BCUT2D eigenvalue weighted by Gasteiger charge is 2.44. The SMILES string of the molecule is CC(S)N1CC2CC(C1)N2Cc1cscn1. The van der Waals surface area contributed by atoms with Crippen LogP contribution in [-0.2, 0) is 6.54 Å². The van der Waals surface area contributed by atoms with E-state index in [1.54, 1.807) is 11.3 Å². The standard InChI is InChI=1S/C11H17N3S2/c1-8(15)13-4-10-2-11(5-13)14(10)3-9-6-16-7-12-9/h6-8,10-11,15H,2-5H2,1H3. The maximum atomic E-state index is 4.52. The molecule has 3 nitrogen and oxygen atoms in total. The minimum Gasteiger partial charge on any atom is -0.289 e. The van der Waals surface area contributed by atoms with Gasteiger partial charge < -0.3 is 0 Å². The van der Waals surface area contributed by atoms with E-state index in [2.05, 4.69) is 39.7 Å². The summed E-state index contributed by atoms with van der Waals surface area (Å²) in [5.74, 6) is 0. The molecule has 0 aliphatic carbocycles. The average molecular weight is 255 g/mol. The second-order valence-corrected chi connectivity index (χ2v) is 6.25. The summed E-state index contributed by atoms with van der Waals surface area (Å²) in [6.45, 7) is 5.54. The van der Waals surface area contributed by atoms with E-state index in [-0.39, 0.29) is 0 Å². The van der Waals surface area contributed by atoms with Crippen LogP contribution in [0.5, 0.6) is 0 Å². The van der Waals surface area contributed by atoms with E-state index in [1.165, 1.54) is 25.2 Å². The summed E-state index contributed by atoms with van der Waals surface area (Å²) in [6, 6.07) is 1.46. The van der Waals surface area contributed by atoms with E-state index < -0.39 is 0 Å². The van der Waals surface area contributed by atoms with E-state index in [9.17, 15) is 0 Å². The second-order valence-electron chi connectivity index (χ2n) is 4.78. The van der Waals surface area contributed by atoms with Gasteiger partial charge in [-0.1, -0.05) is 0 Å². The lowest BCUT2D eigenvalue weighted by Crippen LogP contribution is -2.68. The Bertz CT molecular complexity index is 340. The first-order chi connectivity index (χ1) is 7.74. The third kappa shape index (κ3) is 1.90. The molecule has 3 aliphatic heterocycles. The third-order valence-corrected chi connectivity index (χ3v) is 4.69. The summed E-state index contributed by atoms with van der Waals surface area (Å²) in [4.78, 5) is 9.44. The summed E-state index contributed by atoms with van der Waals surface area (Å²) in [5.41, 5.74) is 3.15. The normalized spacial score (nSPS) is 32.4. The molecule has 4 rings (SSSR count). The fourth-order valence-electron chi connectivity index (χ4n) is 2.79. The quantitative estimate of drug-likeness (QED) is 0.830. The van der Waals surface area contributed by atoms with Gasteiger partial charge in [0.25, 0.3) is 0 Å². The summed E-state index contributed by atoms with van der Waals surface area (Å²) in [6.07, 6.45) is 1.36. The van der Waals surface area contributed by atoms with Crippen molar-refractivity contribution in [1.29, 1.82) is 0 Å². The average Bonchev–Trinajstić information content (AvgIpc) is 2.78. The van der Waals surface area contributed by atoms with Crippen LogP contribution in [0.2, 0.25) is 0 Å². The number of hydrogen-bond acceptors (Lipinski definition) is 5. The van der Waals surface area contributed by atoms with Crippen LogP contribution in [0.4, 0.5) is 0 Å². The maximum Gasteiger partial charge on any atom is 0.0795 e. The van der Waals surface area contributed by atoms with E-state index in [0.717, 1.165) is 18.6 Å². The zero-order valence-electron chi connectivity index (χ0n) is 9.41. The molecule has 3 atom stereocenters. The van der Waals surface area contributed by atoms with E-state index >= 15 is 0 Å². The Labute approximate surface area is 106 Å². The summed E-state index contributed by atoms with van der Waals surface area (Å²) in [5, 5.41) is 2.55. The van der Waals surface area contributed by atoms with Crippen LogP contribution in [0.1, 0.15) is 19.0 Å². The zero-order valence-corrected chi connectivity index (χ0v) is 11.1. The first-order valence-corrected chi connectivity index (χ1v) is 7.25. The van der Waals surface area contributed by atoms with Crippen LogP contribution in [-0.4, -0.2) is 45.3 Å². The number of piperidine rings is 1. The highest BCUT2D eigenvalue weighted by Crippen LogP contribution is 2.34. The van der Waals surface area contributed by atoms with Gasteiger partial charge in [-0.05, 0) is 13.3 Å². The smallest absolute Gasteiger partial charge is 0.0795 e. The van der Waals surface area contributed by atoms with Crippen molar-refractivity contribution in [2.45, 2.75) is 37.3 Å². The number of aromatic nitrogens is 1. The number of hydrogen-bond donors (Lipinski definition) is 1. The molecular weight excluding hydrogens is 238 g/mol. The van der Waals surface area contributed by atoms with E-state index in [0.29, 0.717) is 5.37 Å². The lowest BCUT2D eigenvalue weighted by molar-refractivity contribution is -0.0770. The van der Waals surface area contributed by atoms with Crippen LogP contribution in [0.25, 0.3) is 0 Å². The van der Waals surface area contributed by atoms with Crippen LogP contribution in [0.15, 0.2) is 10.9 Å². The number of fused-ring (bicyclic) bond motifs is 2. The first-order valence-electron chi connectivity index (χ1n) is 5.79. The molecule has 16 heavy (non-hydrogen) atoms. The highest BCUT2D eigenvalue weighted by molar-refractivity contribution is 7.80. The van der Waals surface area contributed by atoms with Crippen molar-refractivity contribution in [2.24, 2.45) is 0 Å². The Hall–Kier alpha value is -0.100. The molecule has 0 N–H and O–H groups in total. The molecule has 3 saturated heterocycles. The first kappa shape index (κ1) is 11.0. The van der Waals surface area contributed by atoms with Gasteiger partial charge in [-0.2, -0.15) is 12.6 Å². The molecule has 3 fully saturated rings. The molecule has 4 heterocycles. The van der Waals surface area contributed by atoms with Gasteiger partial charge in [-0.15, -0.1) is 11.3 Å². The van der Waals surface area contributed by atoms with Crippen molar-refractivity contribution in [1.82, 2.24) is 14.8 Å². The van der Waals surface area contributed by atoms with Crippen LogP contribution in [0, 0.1) is 0 Å². The largest absolute Gasteiger partial charge is 0.289 e. The van der Waals surface area contributed by atoms with Crippen molar-refractivity contribution < 1.29 is 0 Å². The van der Waals surface area contributed by atoms with E-state index in [1.807, 2.05) is 5.51 Å². The van der Waals surface area contributed by atoms with Crippen molar-refractivity contribution in [3.05, 3.63) is 16.6 Å². The Morgan fingerprint density at radius 1 is 1.56 bits per heavy atom. The Balaban J connectivity index is 1.61. The van der Waals surface area contributed by atoms with Gasteiger partial charge in [0.05, 0.1) is 16.6 Å². The summed E-state index contributed by atoms with van der Waals surface area (Å²) in [7, 11) is 0. The Kier molecular flexibility index (Phi) is 2.96. The molecule has 0 radical (unpaired) electrons. The molecule has 1 aromatic rings. The van der Waals surface area contributed by atoms with Gasteiger partial charge in [-0.25, -0.2) is 4.98 Å². The topological polar surface area (TPSA) is 19.4 Å². The molecule has 2 bridgehead atoms. The van der Waals surface area contributed by atoms with Crippen molar-refractivity contribution >= 4 is 24.0 Å². The molecular formula is C11H17N3S2. The molecule has 88 valence electrons. The number of rotatable bonds is 3. The van der Waals surface area contributed by atoms with Crippen molar-refractivity contribution in [2.75, 3.05) is 13.1 Å². The van der Waals surface area contributed by atoms with Crippen LogP contribution >= 0.6 is 24.0 Å². The number of nitrogens with zero attached hydrogens (tertiary/aromatic N) is 3. The minimum atomic E-state index is 0.395. The van der Waals surface area contributed by atoms with E-state index in [4.69, 9.17) is 0 Å². The van der Waals surface area contributed by atoms with Crippen molar-refractivity contribution in [3.63, 3.8) is 0 Å². The predicted molar refractivity (Wildman–Crippen MR) is 69.9 cm³/mol. The van der Waals surface area contributed by atoms with Gasteiger partial charge in [-0.3, -0.25) is 9.80 Å². The molecule has 3 unspecified atom stereocenters. The summed E-state index contributed by atoms with van der Waals surface area (Å²) >= 11 is 6.21. The fourth-order valence-corrected chi connectivity index (χ4v) is 3.52. The zero-order chi connectivity index (χ0) is 11.1. The molecule has 1 aromatic heterocycles. The van der Waals surface area contributed by atoms with Gasteiger partial charge in [0.15, 0.2) is 0 Å². The number of thiol groups is 1. The monoisotopic (exact) mass is 255 g/mol. The maximum absolute atomic E-state index is 4.52. The Morgan fingerprint density at radius 3 is 2.88 bits per heavy atom. The second kappa shape index (κ2) is 4.29. The van der Waals surface area contributed by atoms with Crippen LogP contribution < -0.4 is 0 Å². The molecule has 0 aromatic carbocycles. The fraction of sp³-hybridized carbons (Fsp3) is 0.727. The third-order valence-electron chi connectivity index (χ3n) is 3.73. The summed E-state index contributed by atoms with van der Waals surface area (Å²) < 4.78 is 0. The van der Waals surface area contributed by atoms with Gasteiger partial charge in [0, 0.05) is 37.1 Å². The lowest BCUT2D eigenvalue weighted by atomic mass is 9.87. The van der Waals surface area contributed by atoms with Gasteiger partial charge >= 0.3 is 0 Å². The highest BCUT2D eigenvalue weighted by atomic mass is 32.1. The lowest BCUT2D eigenvalue weighted by Gasteiger charge is -2.57. The molecule has 3 aliphatic rings. The molecule has 0 spiro atoms. The minimum absolute atomic E-state index is 0.395. The number of thiazole rings is 1. The molecule has 5 heteroatoms. The van der Waals surface area contributed by atoms with Crippen molar-refractivity contribution in [3.8, 4) is 0 Å². The number of piperazine rings is 1. The molecule has 0 saturated carbocycles. The van der Waals surface area contributed by atoms with Gasteiger partial charge in [0.2, 0.25) is 0 Å². The predicted octanol–water partition coefficient (Wildman–Crippen LogP) is 1.68. The van der Waals surface area contributed by atoms with Gasteiger partial charge in [0.1, 0.15) is 0 Å².